The number of hydrogen-bond acceptors (Lipinski definition) is 2. The fourth-order valence-electron chi connectivity index (χ4n) is 2.05. The monoisotopic (exact) mass is 281 g/mol. The van der Waals surface area contributed by atoms with Gasteiger partial charge in [-0.25, -0.2) is 0 Å². The number of carboxylic acids is 1. The van der Waals surface area contributed by atoms with Gasteiger partial charge in [0.25, 0.3) is 0 Å². The van der Waals surface area contributed by atoms with Gasteiger partial charge in [-0.15, -0.1) is 0 Å². The normalized spacial score (nSPS) is 17.6. The summed E-state index contributed by atoms with van der Waals surface area (Å²) in [4.78, 5) is 22.9. The van der Waals surface area contributed by atoms with Crippen LogP contribution in [0.3, 0.4) is 0 Å². The summed E-state index contributed by atoms with van der Waals surface area (Å²) in [6, 6.07) is 6.56. The molecule has 2 rings (SSSR count). The molecule has 1 unspecified atom stereocenters. The molecule has 0 heterocycles. The molecule has 102 valence electrons. The summed E-state index contributed by atoms with van der Waals surface area (Å²) >= 11 is 6.09. The molecular formula is C14H16ClNO3. The molecule has 1 aromatic carbocycles. The number of amides is 1. The van der Waals surface area contributed by atoms with Crippen LogP contribution < -0.4 is 5.32 Å². The molecule has 1 aromatic rings. The van der Waals surface area contributed by atoms with Crippen molar-refractivity contribution in [1.29, 1.82) is 0 Å². The lowest BCUT2D eigenvalue weighted by atomic mass is 9.95. The second-order valence-corrected chi connectivity index (χ2v) is 5.49. The molecule has 1 amide bonds. The van der Waals surface area contributed by atoms with Gasteiger partial charge >= 0.3 is 5.97 Å². The van der Waals surface area contributed by atoms with Crippen LogP contribution >= 0.6 is 11.6 Å². The van der Waals surface area contributed by atoms with Gasteiger partial charge in [0.1, 0.15) is 6.04 Å². The molecule has 0 spiro atoms. The van der Waals surface area contributed by atoms with Crippen LogP contribution in [-0.2, 0) is 16.0 Å². The standard InChI is InChI=1S/C14H16ClNO3/c1-9(12(17)18)16-13(19)14(6-7-14)8-10-4-2-3-5-11(10)15/h2-5,9H,6-8H2,1H3,(H,16,19)(H,17,18). The van der Waals surface area contributed by atoms with E-state index in [1.54, 1.807) is 6.07 Å². The molecule has 4 nitrogen and oxygen atoms in total. The summed E-state index contributed by atoms with van der Waals surface area (Å²) in [6.45, 7) is 1.46. The lowest BCUT2D eigenvalue weighted by Gasteiger charge is -2.18. The van der Waals surface area contributed by atoms with Crippen molar-refractivity contribution in [1.82, 2.24) is 5.32 Å². The van der Waals surface area contributed by atoms with Gasteiger partial charge in [-0.05, 0) is 37.8 Å². The SMILES string of the molecule is CC(NC(=O)C1(Cc2ccccc2Cl)CC1)C(=O)O. The largest absolute Gasteiger partial charge is 0.480 e. The van der Waals surface area contributed by atoms with Gasteiger partial charge in [-0.2, -0.15) is 0 Å². The summed E-state index contributed by atoms with van der Waals surface area (Å²) in [6.07, 6.45) is 2.11. The molecular weight excluding hydrogens is 266 g/mol. The lowest BCUT2D eigenvalue weighted by Crippen LogP contribution is -2.43. The highest BCUT2D eigenvalue weighted by Crippen LogP contribution is 2.49. The Balaban J connectivity index is 2.05. The third-order valence-electron chi connectivity index (χ3n) is 3.54. The summed E-state index contributed by atoms with van der Waals surface area (Å²) in [5.41, 5.74) is 0.453. The maximum absolute atomic E-state index is 12.1. The number of hydrogen-bond donors (Lipinski definition) is 2. The van der Waals surface area contributed by atoms with Crippen LogP contribution in [0, 0.1) is 5.41 Å². The van der Waals surface area contributed by atoms with E-state index >= 15 is 0 Å². The van der Waals surface area contributed by atoms with Crippen LogP contribution in [0.4, 0.5) is 0 Å². The lowest BCUT2D eigenvalue weighted by molar-refractivity contribution is -0.142. The van der Waals surface area contributed by atoms with E-state index in [4.69, 9.17) is 16.7 Å². The average molecular weight is 282 g/mol. The molecule has 0 bridgehead atoms. The Morgan fingerprint density at radius 1 is 1.42 bits per heavy atom. The third kappa shape index (κ3) is 3.07. The topological polar surface area (TPSA) is 66.4 Å². The Kier molecular flexibility index (Phi) is 3.80. The average Bonchev–Trinajstić information content (AvgIpc) is 3.13. The number of halogens is 1. The van der Waals surface area contributed by atoms with Crippen LogP contribution in [0.15, 0.2) is 24.3 Å². The summed E-state index contributed by atoms with van der Waals surface area (Å²) in [5, 5.41) is 12.0. The minimum absolute atomic E-state index is 0.192. The van der Waals surface area contributed by atoms with Crippen LogP contribution in [0.1, 0.15) is 25.3 Å². The summed E-state index contributed by atoms with van der Waals surface area (Å²) in [7, 11) is 0. The minimum atomic E-state index is -1.03. The fraction of sp³-hybridized carbons (Fsp3) is 0.429. The number of aliphatic carboxylic acids is 1. The van der Waals surface area contributed by atoms with Gasteiger partial charge in [0, 0.05) is 5.02 Å². The number of rotatable bonds is 5. The zero-order chi connectivity index (χ0) is 14.0. The van der Waals surface area contributed by atoms with Crippen LogP contribution in [-0.4, -0.2) is 23.0 Å². The second kappa shape index (κ2) is 5.21. The van der Waals surface area contributed by atoms with Crippen LogP contribution in [0.2, 0.25) is 5.02 Å². The van der Waals surface area contributed by atoms with Crippen molar-refractivity contribution >= 4 is 23.5 Å². The highest BCUT2D eigenvalue weighted by molar-refractivity contribution is 6.31. The molecule has 1 saturated carbocycles. The van der Waals surface area contributed by atoms with Gasteiger partial charge in [-0.3, -0.25) is 9.59 Å². The van der Waals surface area contributed by atoms with Gasteiger partial charge in [0.2, 0.25) is 5.91 Å². The smallest absolute Gasteiger partial charge is 0.325 e. The van der Waals surface area contributed by atoms with Crippen molar-refractivity contribution in [3.05, 3.63) is 34.9 Å². The minimum Gasteiger partial charge on any atom is -0.480 e. The van der Waals surface area contributed by atoms with Crippen molar-refractivity contribution in [3.8, 4) is 0 Å². The Hall–Kier alpha value is -1.55. The first kappa shape index (κ1) is 13.9. The van der Waals surface area contributed by atoms with Gasteiger partial charge < -0.3 is 10.4 Å². The summed E-state index contributed by atoms with van der Waals surface area (Å²) < 4.78 is 0. The molecule has 0 saturated heterocycles. The summed E-state index contributed by atoms with van der Waals surface area (Å²) in [5.74, 6) is -1.22. The number of carboxylic acid groups (broad SMARTS) is 1. The van der Waals surface area contributed by atoms with Gasteiger partial charge in [0.05, 0.1) is 5.41 Å². The highest BCUT2D eigenvalue weighted by Gasteiger charge is 2.50. The van der Waals surface area contributed by atoms with Crippen LogP contribution in [0.5, 0.6) is 0 Å². The van der Waals surface area contributed by atoms with E-state index in [2.05, 4.69) is 5.32 Å². The molecule has 19 heavy (non-hydrogen) atoms. The highest BCUT2D eigenvalue weighted by atomic mass is 35.5. The third-order valence-corrected chi connectivity index (χ3v) is 3.91. The van der Waals surface area contributed by atoms with Gasteiger partial charge in [-0.1, -0.05) is 29.8 Å². The van der Waals surface area contributed by atoms with E-state index < -0.39 is 17.4 Å². The van der Waals surface area contributed by atoms with E-state index in [0.29, 0.717) is 11.4 Å². The fourth-order valence-corrected chi connectivity index (χ4v) is 2.26. The Bertz CT molecular complexity index is 511. The molecule has 1 aliphatic rings. The second-order valence-electron chi connectivity index (χ2n) is 5.08. The predicted octanol–water partition coefficient (Wildman–Crippen LogP) is 2.25. The van der Waals surface area contributed by atoms with Crippen molar-refractivity contribution in [3.63, 3.8) is 0 Å². The van der Waals surface area contributed by atoms with E-state index in [9.17, 15) is 9.59 Å². The Morgan fingerprint density at radius 2 is 2.05 bits per heavy atom. The number of benzene rings is 1. The molecule has 1 atom stereocenters. The zero-order valence-electron chi connectivity index (χ0n) is 10.6. The van der Waals surface area contributed by atoms with E-state index in [1.807, 2.05) is 18.2 Å². The molecule has 0 aliphatic heterocycles. The van der Waals surface area contributed by atoms with Crippen LogP contribution in [0.25, 0.3) is 0 Å². The molecule has 1 aliphatic carbocycles. The van der Waals surface area contributed by atoms with E-state index in [0.717, 1.165) is 18.4 Å². The Labute approximate surface area is 116 Å². The van der Waals surface area contributed by atoms with Crippen molar-refractivity contribution < 1.29 is 14.7 Å². The first-order valence-electron chi connectivity index (χ1n) is 6.22. The molecule has 0 aromatic heterocycles. The molecule has 2 N–H and O–H groups in total. The Morgan fingerprint density at radius 3 is 2.58 bits per heavy atom. The molecule has 1 fully saturated rings. The maximum atomic E-state index is 12.1. The first-order valence-corrected chi connectivity index (χ1v) is 6.60. The predicted molar refractivity (Wildman–Crippen MR) is 72.1 cm³/mol. The van der Waals surface area contributed by atoms with E-state index in [1.165, 1.54) is 6.92 Å². The molecule has 5 heteroatoms. The number of carbonyl (C=O) groups excluding carboxylic acids is 1. The van der Waals surface area contributed by atoms with Crippen molar-refractivity contribution in [2.45, 2.75) is 32.2 Å². The maximum Gasteiger partial charge on any atom is 0.325 e. The van der Waals surface area contributed by atoms with Crippen molar-refractivity contribution in [2.24, 2.45) is 5.41 Å². The van der Waals surface area contributed by atoms with Gasteiger partial charge in [0.15, 0.2) is 0 Å². The number of nitrogens with one attached hydrogen (secondary N) is 1. The number of carbonyl (C=O) groups is 2. The van der Waals surface area contributed by atoms with E-state index in [-0.39, 0.29) is 5.91 Å². The zero-order valence-corrected chi connectivity index (χ0v) is 11.4. The first-order chi connectivity index (χ1) is 8.94. The van der Waals surface area contributed by atoms with Crippen molar-refractivity contribution in [2.75, 3.05) is 0 Å². The molecule has 0 radical (unpaired) electrons. The quantitative estimate of drug-likeness (QED) is 0.870.